The van der Waals surface area contributed by atoms with Crippen LogP contribution in [0, 0.1) is 0 Å². The Balaban J connectivity index is 1.71. The number of pyridine rings is 1. The molecular formula is C17H25N3O2S. The Morgan fingerprint density at radius 1 is 1.26 bits per heavy atom. The van der Waals surface area contributed by atoms with E-state index in [4.69, 9.17) is 5.11 Å². The fraction of sp³-hybridized carbons (Fsp3) is 0.647. The fourth-order valence-electron chi connectivity index (χ4n) is 3.76. The Morgan fingerprint density at radius 2 is 2.00 bits per heavy atom. The van der Waals surface area contributed by atoms with Crippen LogP contribution in [0.1, 0.15) is 42.6 Å². The number of rotatable bonds is 5. The monoisotopic (exact) mass is 335 g/mol. The number of carboxylic acids is 1. The zero-order chi connectivity index (χ0) is 16.1. The second-order valence-electron chi connectivity index (χ2n) is 6.45. The topological polar surface area (TPSA) is 65.5 Å². The molecule has 0 bridgehead atoms. The first-order chi connectivity index (χ1) is 11.2. The molecule has 1 aliphatic carbocycles. The van der Waals surface area contributed by atoms with Crippen molar-refractivity contribution in [3.63, 3.8) is 0 Å². The minimum absolute atomic E-state index is 0.0991. The predicted octanol–water partition coefficient (Wildman–Crippen LogP) is 2.94. The van der Waals surface area contributed by atoms with Crippen molar-refractivity contribution >= 4 is 23.5 Å². The quantitative estimate of drug-likeness (QED) is 0.862. The van der Waals surface area contributed by atoms with Gasteiger partial charge in [0.2, 0.25) is 0 Å². The molecule has 6 heteroatoms. The van der Waals surface area contributed by atoms with Crippen molar-refractivity contribution in [2.24, 2.45) is 0 Å². The zero-order valence-electron chi connectivity index (χ0n) is 13.5. The third-order valence-corrected chi connectivity index (χ3v) is 5.98. The summed E-state index contributed by atoms with van der Waals surface area (Å²) in [6.45, 7) is 3.18. The molecule has 0 aromatic carbocycles. The Bertz CT molecular complexity index is 540. The summed E-state index contributed by atoms with van der Waals surface area (Å²) in [5.41, 5.74) is 0.308. The van der Waals surface area contributed by atoms with Gasteiger partial charge in [0.25, 0.3) is 0 Å². The maximum absolute atomic E-state index is 11.1. The summed E-state index contributed by atoms with van der Waals surface area (Å²) in [5.74, 6) is 2.12. The Morgan fingerprint density at radius 3 is 2.70 bits per heavy atom. The molecule has 2 N–H and O–H groups in total. The third kappa shape index (κ3) is 3.98. The lowest BCUT2D eigenvalue weighted by molar-refractivity contribution is 0.0690. The van der Waals surface area contributed by atoms with E-state index in [1.165, 1.54) is 49.7 Å². The van der Waals surface area contributed by atoms with Crippen LogP contribution in [0.4, 0.5) is 5.82 Å². The molecule has 0 atom stereocenters. The van der Waals surface area contributed by atoms with E-state index in [2.05, 4.69) is 15.2 Å². The lowest BCUT2D eigenvalue weighted by Gasteiger charge is -2.48. The van der Waals surface area contributed by atoms with Crippen LogP contribution in [-0.4, -0.2) is 57.6 Å². The highest BCUT2D eigenvalue weighted by molar-refractivity contribution is 7.99. The molecule has 5 nitrogen and oxygen atoms in total. The number of aromatic nitrogens is 1. The molecule has 1 saturated heterocycles. The SMILES string of the molecule is O=C(O)c1cccc(NCC2(N3CCSCC3)CCCCC2)n1. The molecule has 0 amide bonds. The van der Waals surface area contributed by atoms with Crippen LogP contribution < -0.4 is 5.32 Å². The molecule has 126 valence electrons. The highest BCUT2D eigenvalue weighted by Crippen LogP contribution is 2.35. The van der Waals surface area contributed by atoms with Gasteiger partial charge in [0.05, 0.1) is 0 Å². The second-order valence-corrected chi connectivity index (χ2v) is 7.68. The number of carbonyl (C=O) groups is 1. The van der Waals surface area contributed by atoms with Gasteiger partial charge < -0.3 is 10.4 Å². The van der Waals surface area contributed by atoms with Crippen LogP contribution in [0.15, 0.2) is 18.2 Å². The van der Waals surface area contributed by atoms with Crippen molar-refractivity contribution in [3.05, 3.63) is 23.9 Å². The molecule has 2 heterocycles. The summed E-state index contributed by atoms with van der Waals surface area (Å²) < 4.78 is 0. The molecule has 2 aliphatic rings. The largest absolute Gasteiger partial charge is 0.477 e. The first kappa shape index (κ1) is 16.6. The number of aromatic carboxylic acids is 1. The van der Waals surface area contributed by atoms with Crippen LogP contribution in [0.25, 0.3) is 0 Å². The molecule has 1 aliphatic heterocycles. The van der Waals surface area contributed by atoms with Crippen molar-refractivity contribution in [2.75, 3.05) is 36.5 Å². The molecule has 1 aromatic rings. The van der Waals surface area contributed by atoms with Crippen LogP contribution in [0.5, 0.6) is 0 Å². The van der Waals surface area contributed by atoms with Gasteiger partial charge in [-0.1, -0.05) is 25.3 Å². The van der Waals surface area contributed by atoms with Gasteiger partial charge in [-0.3, -0.25) is 4.90 Å². The van der Waals surface area contributed by atoms with Gasteiger partial charge >= 0.3 is 5.97 Å². The van der Waals surface area contributed by atoms with E-state index in [0.717, 1.165) is 19.6 Å². The van der Waals surface area contributed by atoms with Gasteiger partial charge in [0.1, 0.15) is 5.82 Å². The van der Waals surface area contributed by atoms with Crippen molar-refractivity contribution < 1.29 is 9.90 Å². The van der Waals surface area contributed by atoms with E-state index in [1.807, 2.05) is 17.8 Å². The summed E-state index contributed by atoms with van der Waals surface area (Å²) >= 11 is 2.04. The first-order valence-electron chi connectivity index (χ1n) is 8.47. The Hall–Kier alpha value is -1.27. The molecule has 2 fully saturated rings. The van der Waals surface area contributed by atoms with E-state index in [-0.39, 0.29) is 11.2 Å². The maximum atomic E-state index is 11.1. The molecule has 0 unspecified atom stereocenters. The summed E-state index contributed by atoms with van der Waals surface area (Å²) in [5, 5.41) is 12.5. The highest BCUT2D eigenvalue weighted by Gasteiger charge is 2.38. The summed E-state index contributed by atoms with van der Waals surface area (Å²) in [4.78, 5) is 17.9. The van der Waals surface area contributed by atoms with Gasteiger partial charge in [-0.2, -0.15) is 11.8 Å². The minimum atomic E-state index is -0.978. The number of hydrogen-bond acceptors (Lipinski definition) is 5. The number of hydrogen-bond donors (Lipinski definition) is 2. The summed E-state index contributed by atoms with van der Waals surface area (Å²) in [7, 11) is 0. The van der Waals surface area contributed by atoms with Crippen molar-refractivity contribution in [1.29, 1.82) is 0 Å². The van der Waals surface area contributed by atoms with E-state index in [1.54, 1.807) is 6.07 Å². The van der Waals surface area contributed by atoms with Crippen molar-refractivity contribution in [1.82, 2.24) is 9.88 Å². The zero-order valence-corrected chi connectivity index (χ0v) is 14.3. The van der Waals surface area contributed by atoms with Crippen molar-refractivity contribution in [2.45, 2.75) is 37.6 Å². The number of thioether (sulfide) groups is 1. The average molecular weight is 335 g/mol. The highest BCUT2D eigenvalue weighted by atomic mass is 32.2. The minimum Gasteiger partial charge on any atom is -0.477 e. The molecule has 1 saturated carbocycles. The van der Waals surface area contributed by atoms with E-state index in [0.29, 0.717) is 5.82 Å². The normalized spacial score (nSPS) is 21.7. The van der Waals surface area contributed by atoms with E-state index < -0.39 is 5.97 Å². The maximum Gasteiger partial charge on any atom is 0.354 e. The average Bonchev–Trinajstić information content (AvgIpc) is 2.62. The van der Waals surface area contributed by atoms with Crippen LogP contribution in [-0.2, 0) is 0 Å². The summed E-state index contributed by atoms with van der Waals surface area (Å²) in [6.07, 6.45) is 6.35. The fourth-order valence-corrected chi connectivity index (χ4v) is 4.66. The van der Waals surface area contributed by atoms with Gasteiger partial charge in [-0.05, 0) is 25.0 Å². The third-order valence-electron chi connectivity index (χ3n) is 5.03. The van der Waals surface area contributed by atoms with Gasteiger partial charge in [-0.15, -0.1) is 0 Å². The Kier molecular flexibility index (Phi) is 5.43. The van der Waals surface area contributed by atoms with Gasteiger partial charge in [0.15, 0.2) is 5.69 Å². The first-order valence-corrected chi connectivity index (χ1v) is 9.62. The lowest BCUT2D eigenvalue weighted by atomic mass is 9.80. The lowest BCUT2D eigenvalue weighted by Crippen LogP contribution is -2.57. The number of anilines is 1. The summed E-state index contributed by atoms with van der Waals surface area (Å²) in [6, 6.07) is 5.14. The number of nitrogens with zero attached hydrogens (tertiary/aromatic N) is 2. The Labute approximate surface area is 141 Å². The molecule has 23 heavy (non-hydrogen) atoms. The molecule has 0 spiro atoms. The second kappa shape index (κ2) is 7.53. The molecule has 1 aromatic heterocycles. The van der Waals surface area contributed by atoms with Gasteiger partial charge in [0, 0.05) is 36.7 Å². The molecule has 3 rings (SSSR count). The van der Waals surface area contributed by atoms with Gasteiger partial charge in [-0.25, -0.2) is 9.78 Å². The predicted molar refractivity (Wildman–Crippen MR) is 94.4 cm³/mol. The van der Waals surface area contributed by atoms with Crippen LogP contribution in [0.3, 0.4) is 0 Å². The smallest absolute Gasteiger partial charge is 0.354 e. The number of nitrogens with one attached hydrogen (secondary N) is 1. The standard InChI is InChI=1S/C17H25N3O2S/c21-16(22)14-5-4-6-15(19-14)18-13-17(7-2-1-3-8-17)20-9-11-23-12-10-20/h4-6H,1-3,7-13H2,(H,18,19)(H,21,22). The van der Waals surface area contributed by atoms with E-state index in [9.17, 15) is 4.79 Å². The van der Waals surface area contributed by atoms with Crippen LogP contribution in [0.2, 0.25) is 0 Å². The molecular weight excluding hydrogens is 310 g/mol. The van der Waals surface area contributed by atoms with E-state index >= 15 is 0 Å². The molecule has 0 radical (unpaired) electrons. The van der Waals surface area contributed by atoms with Crippen molar-refractivity contribution in [3.8, 4) is 0 Å². The number of carboxylic acid groups (broad SMARTS) is 1. The van der Waals surface area contributed by atoms with Crippen LogP contribution >= 0.6 is 11.8 Å².